The predicted octanol–water partition coefficient (Wildman–Crippen LogP) is 3.33. The molecule has 2 unspecified atom stereocenters. The number of aliphatic hydroxyl groups is 1. The molecule has 0 radical (unpaired) electrons. The SMILES string of the molecule is CCCCCCCCCCCCCC(O)CCCCCCC(C)S(=O)(=O)[O-].[Na+]. The second-order valence-electron chi connectivity index (χ2n) is 8.27. The van der Waals surface area contributed by atoms with Gasteiger partial charge in [0.2, 0.25) is 0 Å². The van der Waals surface area contributed by atoms with Gasteiger partial charge in [-0.3, -0.25) is 0 Å². The fourth-order valence-corrected chi connectivity index (χ4v) is 3.95. The summed E-state index contributed by atoms with van der Waals surface area (Å²) in [6, 6.07) is 0. The molecule has 0 amide bonds. The number of aliphatic hydroxyl groups excluding tert-OH is 1. The van der Waals surface area contributed by atoms with Gasteiger partial charge in [-0.15, -0.1) is 0 Å². The van der Waals surface area contributed by atoms with Crippen molar-refractivity contribution in [3.05, 3.63) is 0 Å². The quantitative estimate of drug-likeness (QED) is 0.183. The molecular weight excluding hydrogens is 383 g/mol. The Balaban J connectivity index is 0. The van der Waals surface area contributed by atoms with Crippen molar-refractivity contribution in [2.24, 2.45) is 0 Å². The van der Waals surface area contributed by atoms with Crippen molar-refractivity contribution in [1.29, 1.82) is 0 Å². The van der Waals surface area contributed by atoms with Crippen LogP contribution in [-0.4, -0.2) is 29.4 Å². The molecule has 0 aromatic heterocycles. The van der Waals surface area contributed by atoms with Crippen LogP contribution < -0.4 is 29.6 Å². The normalized spacial score (nSPS) is 13.9. The van der Waals surface area contributed by atoms with Crippen LogP contribution in [-0.2, 0) is 10.1 Å². The molecule has 0 heterocycles. The van der Waals surface area contributed by atoms with Gasteiger partial charge >= 0.3 is 29.6 Å². The minimum atomic E-state index is -4.12. The Bertz CT molecular complexity index is 415. The van der Waals surface area contributed by atoms with E-state index in [-0.39, 0.29) is 35.7 Å². The molecule has 0 bridgehead atoms. The molecule has 0 fully saturated rings. The molecule has 6 heteroatoms. The van der Waals surface area contributed by atoms with Gasteiger partial charge in [0.1, 0.15) is 0 Å². The Kier molecular flexibility index (Phi) is 23.4. The maximum atomic E-state index is 10.8. The molecule has 0 aromatic carbocycles. The zero-order valence-electron chi connectivity index (χ0n) is 19.0. The van der Waals surface area contributed by atoms with Crippen molar-refractivity contribution >= 4 is 10.1 Å². The van der Waals surface area contributed by atoms with Crippen molar-refractivity contribution in [3.8, 4) is 0 Å². The first-order valence-corrected chi connectivity index (χ1v) is 13.0. The van der Waals surface area contributed by atoms with Crippen molar-refractivity contribution in [2.45, 2.75) is 141 Å². The van der Waals surface area contributed by atoms with E-state index in [9.17, 15) is 18.1 Å². The fraction of sp³-hybridized carbons (Fsp3) is 1.00. The summed E-state index contributed by atoms with van der Waals surface area (Å²) in [6.07, 6.45) is 20.3. The van der Waals surface area contributed by atoms with E-state index < -0.39 is 15.4 Å². The summed E-state index contributed by atoms with van der Waals surface area (Å²) in [5.41, 5.74) is 0. The van der Waals surface area contributed by atoms with Crippen LogP contribution in [0.4, 0.5) is 0 Å². The molecule has 0 aliphatic heterocycles. The maximum absolute atomic E-state index is 10.8. The Morgan fingerprint density at radius 1 is 0.679 bits per heavy atom. The van der Waals surface area contributed by atoms with Crippen LogP contribution in [0.3, 0.4) is 0 Å². The standard InChI is InChI=1S/C22H46O4S.Na/c1-3-4-5-6-7-8-9-10-11-12-16-19-22(23)20-17-14-13-15-18-21(2)27(24,25)26;/h21-23H,3-20H2,1-2H3,(H,24,25,26);/q;+1/p-1. The number of unbranched alkanes of at least 4 members (excludes halogenated alkanes) is 13. The third kappa shape index (κ3) is 21.6. The van der Waals surface area contributed by atoms with Crippen molar-refractivity contribution in [2.75, 3.05) is 0 Å². The molecule has 1 N–H and O–H groups in total. The van der Waals surface area contributed by atoms with Crippen LogP contribution in [0, 0.1) is 0 Å². The fourth-order valence-electron chi connectivity index (χ4n) is 3.50. The summed E-state index contributed by atoms with van der Waals surface area (Å²) < 4.78 is 32.4. The smallest absolute Gasteiger partial charge is 0.748 e. The second-order valence-corrected chi connectivity index (χ2v) is 10.1. The van der Waals surface area contributed by atoms with Gasteiger partial charge in [0.05, 0.1) is 16.2 Å². The van der Waals surface area contributed by atoms with Crippen molar-refractivity contribution in [3.63, 3.8) is 0 Å². The molecule has 0 aliphatic carbocycles. The predicted molar refractivity (Wildman–Crippen MR) is 114 cm³/mol. The van der Waals surface area contributed by atoms with Crippen LogP contribution >= 0.6 is 0 Å². The third-order valence-corrected chi connectivity index (χ3v) is 6.75. The average molecular weight is 429 g/mol. The minimum Gasteiger partial charge on any atom is -0.748 e. The summed E-state index contributed by atoms with van der Waals surface area (Å²) in [6.45, 7) is 3.74. The van der Waals surface area contributed by atoms with Crippen LogP contribution in [0.25, 0.3) is 0 Å². The molecule has 2 atom stereocenters. The Morgan fingerprint density at radius 2 is 1.00 bits per heavy atom. The van der Waals surface area contributed by atoms with Crippen molar-refractivity contribution in [1.82, 2.24) is 0 Å². The van der Waals surface area contributed by atoms with Crippen LogP contribution in [0.5, 0.6) is 0 Å². The first kappa shape index (κ1) is 31.1. The van der Waals surface area contributed by atoms with Crippen LogP contribution in [0.15, 0.2) is 0 Å². The maximum Gasteiger partial charge on any atom is 1.00 e. The molecule has 0 rings (SSSR count). The van der Waals surface area contributed by atoms with Crippen molar-refractivity contribution < 1.29 is 47.6 Å². The molecule has 0 saturated carbocycles. The topological polar surface area (TPSA) is 77.4 Å². The number of rotatable bonds is 20. The zero-order chi connectivity index (χ0) is 20.4. The monoisotopic (exact) mass is 428 g/mol. The summed E-state index contributed by atoms with van der Waals surface area (Å²) in [5.74, 6) is 0. The molecule has 4 nitrogen and oxygen atoms in total. The van der Waals surface area contributed by atoms with Gasteiger partial charge in [0, 0.05) is 5.25 Å². The van der Waals surface area contributed by atoms with Crippen LogP contribution in [0.2, 0.25) is 0 Å². The van der Waals surface area contributed by atoms with Gasteiger partial charge in [0.15, 0.2) is 0 Å². The van der Waals surface area contributed by atoms with E-state index >= 15 is 0 Å². The van der Waals surface area contributed by atoms with Gasteiger partial charge in [-0.1, -0.05) is 103 Å². The molecule has 28 heavy (non-hydrogen) atoms. The van der Waals surface area contributed by atoms with E-state index in [1.54, 1.807) is 0 Å². The first-order valence-electron chi connectivity index (χ1n) is 11.5. The Labute approximate surface area is 197 Å². The van der Waals surface area contributed by atoms with Gasteiger partial charge in [-0.25, -0.2) is 8.42 Å². The zero-order valence-corrected chi connectivity index (χ0v) is 21.8. The Morgan fingerprint density at radius 3 is 1.36 bits per heavy atom. The van der Waals surface area contributed by atoms with Gasteiger partial charge in [-0.2, -0.15) is 0 Å². The molecule has 164 valence electrons. The number of hydrogen-bond acceptors (Lipinski definition) is 4. The Hall–Kier alpha value is 0.870. The van der Waals surface area contributed by atoms with Crippen LogP contribution in [0.1, 0.15) is 129 Å². The molecule has 0 spiro atoms. The van der Waals surface area contributed by atoms with E-state index in [1.165, 1.54) is 71.1 Å². The number of hydrogen-bond donors (Lipinski definition) is 1. The minimum absolute atomic E-state index is 0. The van der Waals surface area contributed by atoms with Gasteiger partial charge < -0.3 is 9.66 Å². The molecule has 0 aromatic rings. The van der Waals surface area contributed by atoms with E-state index in [0.717, 1.165) is 44.9 Å². The molecule has 0 aliphatic rings. The van der Waals surface area contributed by atoms with E-state index in [4.69, 9.17) is 0 Å². The van der Waals surface area contributed by atoms with E-state index in [1.807, 2.05) is 0 Å². The summed E-state index contributed by atoms with van der Waals surface area (Å²) in [7, 11) is -4.12. The van der Waals surface area contributed by atoms with E-state index in [0.29, 0.717) is 6.42 Å². The average Bonchev–Trinajstić information content (AvgIpc) is 2.61. The van der Waals surface area contributed by atoms with Gasteiger partial charge in [0.25, 0.3) is 0 Å². The molecular formula is C22H45NaO4S. The third-order valence-electron chi connectivity index (χ3n) is 5.53. The van der Waals surface area contributed by atoms with E-state index in [2.05, 4.69) is 6.92 Å². The molecule has 0 saturated heterocycles. The van der Waals surface area contributed by atoms with Gasteiger partial charge in [-0.05, 0) is 26.2 Å². The first-order chi connectivity index (χ1) is 12.9. The second kappa shape index (κ2) is 21.1. The summed E-state index contributed by atoms with van der Waals surface area (Å²) in [4.78, 5) is 0. The summed E-state index contributed by atoms with van der Waals surface area (Å²) in [5, 5.41) is 9.25. The summed E-state index contributed by atoms with van der Waals surface area (Å²) >= 11 is 0. The largest absolute Gasteiger partial charge is 1.00 e.